The number of aryl methyl sites for hydroxylation is 1. The molecule has 0 aliphatic carbocycles. The Kier molecular flexibility index (Phi) is 5.54. The summed E-state index contributed by atoms with van der Waals surface area (Å²) in [6.45, 7) is 4.34. The van der Waals surface area contributed by atoms with E-state index in [0.29, 0.717) is 6.54 Å². The number of carbonyl (C=O) groups is 1. The van der Waals surface area contributed by atoms with E-state index >= 15 is 0 Å². The zero-order chi connectivity index (χ0) is 19.1. The number of carbonyl (C=O) groups excluding carboxylic acids is 1. The molecule has 2 N–H and O–H groups in total. The van der Waals surface area contributed by atoms with Crippen molar-refractivity contribution in [3.63, 3.8) is 0 Å². The van der Waals surface area contributed by atoms with Gasteiger partial charge >= 0.3 is 0 Å². The quantitative estimate of drug-likeness (QED) is 0.731. The van der Waals surface area contributed by atoms with Gasteiger partial charge in [-0.25, -0.2) is 9.07 Å². The highest BCUT2D eigenvalue weighted by atomic mass is 35.5. The van der Waals surface area contributed by atoms with Gasteiger partial charge in [0.1, 0.15) is 11.6 Å². The van der Waals surface area contributed by atoms with Gasteiger partial charge in [0, 0.05) is 18.0 Å². The molecule has 146 valence electrons. The molecule has 4 rings (SSSR count). The third-order valence-corrected chi connectivity index (χ3v) is 5.10. The first-order valence-corrected chi connectivity index (χ1v) is 9.00. The molecule has 2 heterocycles. The van der Waals surface area contributed by atoms with Gasteiger partial charge in [-0.3, -0.25) is 9.69 Å². The molecule has 2 aromatic carbocycles. The van der Waals surface area contributed by atoms with Crippen LogP contribution in [0.2, 0.25) is 0 Å². The summed E-state index contributed by atoms with van der Waals surface area (Å²) in [7, 11) is 0. The molecule has 0 saturated heterocycles. The van der Waals surface area contributed by atoms with Crippen molar-refractivity contribution in [3.8, 4) is 5.69 Å². The van der Waals surface area contributed by atoms with Gasteiger partial charge in [0.25, 0.3) is 0 Å². The Bertz CT molecular complexity index is 988. The van der Waals surface area contributed by atoms with Crippen molar-refractivity contribution in [3.05, 3.63) is 77.2 Å². The lowest BCUT2D eigenvalue weighted by Gasteiger charge is -2.36. The molecular weight excluding hydrogens is 379 g/mol. The number of nitrogens with zero attached hydrogens (tertiary/aromatic N) is 3. The van der Waals surface area contributed by atoms with Gasteiger partial charge < -0.3 is 5.73 Å². The van der Waals surface area contributed by atoms with Gasteiger partial charge in [-0.05, 0) is 43.7 Å². The Morgan fingerprint density at radius 1 is 1.11 bits per heavy atom. The summed E-state index contributed by atoms with van der Waals surface area (Å²) in [6, 6.07) is 15.1. The number of hydrogen-bond acceptors (Lipinski definition) is 3. The minimum Gasteiger partial charge on any atom is -0.319 e. The molecule has 2 atom stereocenters. The van der Waals surface area contributed by atoms with Crippen molar-refractivity contribution < 1.29 is 9.18 Å². The Balaban J connectivity index is 0.00000225. The first-order chi connectivity index (χ1) is 13.0. The van der Waals surface area contributed by atoms with Crippen LogP contribution >= 0.6 is 12.4 Å². The number of anilines is 1. The highest BCUT2D eigenvalue weighted by molar-refractivity contribution is 6.01. The van der Waals surface area contributed by atoms with Crippen LogP contribution in [0.3, 0.4) is 0 Å². The molecule has 3 aromatic rings. The normalized spacial score (nSPS) is 18.6. The first kappa shape index (κ1) is 20.0. The Labute approximate surface area is 169 Å². The minimum atomic E-state index is -0.741. The van der Waals surface area contributed by atoms with E-state index in [1.165, 1.54) is 12.1 Å². The summed E-state index contributed by atoms with van der Waals surface area (Å²) in [5.41, 5.74) is 9.78. The summed E-state index contributed by atoms with van der Waals surface area (Å²) in [5.74, 6) is -0.103. The van der Waals surface area contributed by atoms with E-state index in [2.05, 4.69) is 0 Å². The first-order valence-electron chi connectivity index (χ1n) is 9.00. The SMILES string of the molecule is CCN1C(=O)[C@@H](N)[C@@H](c2ccc(F)cc2)c2c(C)nn(-c3ccccc3)c21.Cl. The van der Waals surface area contributed by atoms with Gasteiger partial charge in [0.15, 0.2) is 0 Å². The van der Waals surface area contributed by atoms with Crippen molar-refractivity contribution in [1.29, 1.82) is 0 Å². The maximum atomic E-state index is 13.4. The number of rotatable bonds is 3. The van der Waals surface area contributed by atoms with E-state index in [9.17, 15) is 9.18 Å². The van der Waals surface area contributed by atoms with Gasteiger partial charge in [-0.15, -0.1) is 12.4 Å². The average molecular weight is 401 g/mol. The van der Waals surface area contributed by atoms with Gasteiger partial charge in [0.2, 0.25) is 5.91 Å². The van der Waals surface area contributed by atoms with E-state index in [1.54, 1.807) is 21.7 Å². The molecule has 1 aromatic heterocycles. The predicted octanol–water partition coefficient (Wildman–Crippen LogP) is 3.57. The van der Waals surface area contributed by atoms with Gasteiger partial charge in [0.05, 0.1) is 17.4 Å². The molecule has 28 heavy (non-hydrogen) atoms. The van der Waals surface area contributed by atoms with E-state index in [4.69, 9.17) is 10.8 Å². The largest absolute Gasteiger partial charge is 0.319 e. The fraction of sp³-hybridized carbons (Fsp3) is 0.238. The fourth-order valence-corrected chi connectivity index (χ4v) is 3.86. The molecule has 1 aliphatic heterocycles. The molecule has 5 nitrogen and oxygen atoms in total. The lowest BCUT2D eigenvalue weighted by Crippen LogP contribution is -2.51. The number of likely N-dealkylation sites (N-methyl/N-ethyl adjacent to an activating group) is 1. The van der Waals surface area contributed by atoms with E-state index in [1.807, 2.05) is 44.2 Å². The number of aromatic nitrogens is 2. The van der Waals surface area contributed by atoms with Crippen molar-refractivity contribution >= 4 is 24.1 Å². The van der Waals surface area contributed by atoms with Crippen molar-refractivity contribution in [1.82, 2.24) is 9.78 Å². The van der Waals surface area contributed by atoms with E-state index in [-0.39, 0.29) is 30.0 Å². The maximum Gasteiger partial charge on any atom is 0.246 e. The molecule has 1 amide bonds. The summed E-state index contributed by atoms with van der Waals surface area (Å²) < 4.78 is 15.2. The van der Waals surface area contributed by atoms with Crippen LogP contribution in [0.5, 0.6) is 0 Å². The second kappa shape index (κ2) is 7.73. The number of para-hydroxylation sites is 1. The molecule has 7 heteroatoms. The van der Waals surface area contributed by atoms with Crippen LogP contribution in [0, 0.1) is 12.7 Å². The van der Waals surface area contributed by atoms with E-state index in [0.717, 1.165) is 28.3 Å². The number of nitrogens with two attached hydrogens (primary N) is 1. The Morgan fingerprint density at radius 3 is 2.36 bits per heavy atom. The molecule has 1 aliphatic rings. The second-order valence-corrected chi connectivity index (χ2v) is 6.71. The smallest absolute Gasteiger partial charge is 0.246 e. The highest BCUT2D eigenvalue weighted by Crippen LogP contribution is 2.42. The lowest BCUT2D eigenvalue weighted by molar-refractivity contribution is -0.120. The zero-order valence-corrected chi connectivity index (χ0v) is 16.5. The van der Waals surface area contributed by atoms with Crippen LogP contribution in [0.15, 0.2) is 54.6 Å². The second-order valence-electron chi connectivity index (χ2n) is 6.71. The number of halogens is 2. The highest BCUT2D eigenvalue weighted by Gasteiger charge is 2.42. The minimum absolute atomic E-state index is 0. The summed E-state index contributed by atoms with van der Waals surface area (Å²) in [6.07, 6.45) is 0. The number of hydrogen-bond donors (Lipinski definition) is 1. The maximum absolute atomic E-state index is 13.4. The zero-order valence-electron chi connectivity index (χ0n) is 15.7. The van der Waals surface area contributed by atoms with Crippen LogP contribution in [-0.2, 0) is 4.79 Å². The van der Waals surface area contributed by atoms with Crippen LogP contribution in [0.4, 0.5) is 10.2 Å². The average Bonchev–Trinajstić information content (AvgIpc) is 3.02. The molecule has 0 spiro atoms. The molecule has 0 bridgehead atoms. The fourth-order valence-electron chi connectivity index (χ4n) is 3.86. The number of amides is 1. The third-order valence-electron chi connectivity index (χ3n) is 5.10. The monoisotopic (exact) mass is 400 g/mol. The van der Waals surface area contributed by atoms with Crippen molar-refractivity contribution in [2.75, 3.05) is 11.4 Å². The van der Waals surface area contributed by atoms with Crippen LogP contribution in [-0.4, -0.2) is 28.3 Å². The van der Waals surface area contributed by atoms with Crippen LogP contribution in [0.1, 0.15) is 29.7 Å². The summed E-state index contributed by atoms with van der Waals surface area (Å²) in [4.78, 5) is 14.7. The standard InChI is InChI=1S/C21H21FN4O.ClH/c1-3-25-20-17(13(2)24-26(20)16-7-5-4-6-8-16)18(19(23)21(25)27)14-9-11-15(22)12-10-14;/h4-12,18-19H,3,23H2,1-2H3;1H/t18-,19-;/m0./s1. The van der Waals surface area contributed by atoms with Crippen molar-refractivity contribution in [2.45, 2.75) is 25.8 Å². The van der Waals surface area contributed by atoms with Gasteiger partial charge in [-0.2, -0.15) is 5.10 Å². The molecule has 0 saturated carbocycles. The summed E-state index contributed by atoms with van der Waals surface area (Å²) >= 11 is 0. The van der Waals surface area contributed by atoms with Crippen LogP contribution in [0.25, 0.3) is 5.69 Å². The molecule has 0 unspecified atom stereocenters. The van der Waals surface area contributed by atoms with Crippen LogP contribution < -0.4 is 10.6 Å². The third kappa shape index (κ3) is 3.08. The lowest BCUT2D eigenvalue weighted by atomic mass is 9.81. The molecule has 0 radical (unpaired) electrons. The Hall–Kier alpha value is -2.70. The summed E-state index contributed by atoms with van der Waals surface area (Å²) in [5, 5.41) is 4.72. The van der Waals surface area contributed by atoms with Crippen molar-refractivity contribution in [2.24, 2.45) is 5.73 Å². The molecular formula is C21H22ClFN4O. The number of fused-ring (bicyclic) bond motifs is 1. The van der Waals surface area contributed by atoms with Gasteiger partial charge in [-0.1, -0.05) is 30.3 Å². The predicted molar refractivity (Wildman–Crippen MR) is 110 cm³/mol. The topological polar surface area (TPSA) is 64.2 Å². The van der Waals surface area contributed by atoms with E-state index < -0.39 is 6.04 Å². The molecule has 0 fully saturated rings. The Morgan fingerprint density at radius 2 is 1.75 bits per heavy atom. The number of benzene rings is 2.